The summed E-state index contributed by atoms with van der Waals surface area (Å²) in [6.07, 6.45) is 6.97. The summed E-state index contributed by atoms with van der Waals surface area (Å²) in [6, 6.07) is 4.42. The van der Waals surface area contributed by atoms with Gasteiger partial charge in [0.05, 0.1) is 4.90 Å². The van der Waals surface area contributed by atoms with Crippen LogP contribution in [0.2, 0.25) is 0 Å². The maximum absolute atomic E-state index is 12.5. The first-order valence-electron chi connectivity index (χ1n) is 8.64. The van der Waals surface area contributed by atoms with Crippen molar-refractivity contribution in [1.29, 1.82) is 0 Å². The summed E-state index contributed by atoms with van der Waals surface area (Å²) in [5.41, 5.74) is 0.804. The van der Waals surface area contributed by atoms with Crippen LogP contribution in [0.5, 0.6) is 0 Å². The number of aryl methyl sites for hydroxylation is 1. The molecule has 1 saturated carbocycles. The van der Waals surface area contributed by atoms with Crippen molar-refractivity contribution in [3.63, 3.8) is 0 Å². The van der Waals surface area contributed by atoms with Crippen LogP contribution in [0, 0.1) is 12.8 Å². The topological polar surface area (TPSA) is 96.6 Å². The minimum Gasteiger partial charge on any atom is -0.475 e. The second-order valence-corrected chi connectivity index (χ2v) is 8.48. The summed E-state index contributed by atoms with van der Waals surface area (Å²) in [6.45, 7) is 2.04. The summed E-state index contributed by atoms with van der Waals surface area (Å²) in [5, 5.41) is 9.62. The fourth-order valence-corrected chi connectivity index (χ4v) is 4.60. The highest BCUT2D eigenvalue weighted by Crippen LogP contribution is 2.28. The molecular formula is C18H23NO5S. The van der Waals surface area contributed by atoms with Gasteiger partial charge < -0.3 is 9.52 Å². The number of fused-ring (bicyclic) bond motifs is 1. The molecule has 136 valence electrons. The van der Waals surface area contributed by atoms with E-state index in [4.69, 9.17) is 9.52 Å². The summed E-state index contributed by atoms with van der Waals surface area (Å²) in [7, 11) is -3.62. The van der Waals surface area contributed by atoms with Gasteiger partial charge in [0.2, 0.25) is 15.8 Å². The Morgan fingerprint density at radius 2 is 2.00 bits per heavy atom. The molecular weight excluding hydrogens is 342 g/mol. The van der Waals surface area contributed by atoms with E-state index >= 15 is 0 Å². The largest absolute Gasteiger partial charge is 0.475 e. The molecule has 0 amide bonds. The fourth-order valence-electron chi connectivity index (χ4n) is 3.53. The van der Waals surface area contributed by atoms with Crippen molar-refractivity contribution >= 4 is 27.0 Å². The molecule has 25 heavy (non-hydrogen) atoms. The van der Waals surface area contributed by atoms with Crippen LogP contribution in [0.3, 0.4) is 0 Å². The quantitative estimate of drug-likeness (QED) is 0.814. The maximum atomic E-state index is 12.5. The van der Waals surface area contributed by atoms with Gasteiger partial charge in [-0.15, -0.1) is 0 Å². The first kappa shape index (κ1) is 17.9. The van der Waals surface area contributed by atoms with E-state index < -0.39 is 16.0 Å². The summed E-state index contributed by atoms with van der Waals surface area (Å²) < 4.78 is 33.0. The number of sulfonamides is 1. The molecule has 0 saturated heterocycles. The standard InChI is InChI=1S/C18H23NO5S/c1-12-15-11-14(7-8-16(15)24-17(12)18(20)21)25(22,23)19-10-9-13-5-3-2-4-6-13/h7-8,11,13,19H,2-6,9-10H2,1H3,(H,20,21). The Balaban J connectivity index is 1.75. The highest BCUT2D eigenvalue weighted by Gasteiger charge is 2.21. The molecule has 3 rings (SSSR count). The van der Waals surface area contributed by atoms with Crippen LogP contribution in [0.1, 0.15) is 54.6 Å². The lowest BCUT2D eigenvalue weighted by molar-refractivity contribution is 0.0664. The lowest BCUT2D eigenvalue weighted by atomic mass is 9.87. The molecule has 7 heteroatoms. The molecule has 0 spiro atoms. The number of hydrogen-bond acceptors (Lipinski definition) is 4. The molecule has 0 radical (unpaired) electrons. The van der Waals surface area contributed by atoms with Crippen LogP contribution in [0.25, 0.3) is 11.0 Å². The van der Waals surface area contributed by atoms with Crippen molar-refractivity contribution in [2.24, 2.45) is 5.92 Å². The number of rotatable bonds is 6. The lowest BCUT2D eigenvalue weighted by Gasteiger charge is -2.21. The number of carboxylic acids is 1. The highest BCUT2D eigenvalue weighted by molar-refractivity contribution is 7.89. The van der Waals surface area contributed by atoms with E-state index in [0.29, 0.717) is 29.0 Å². The average Bonchev–Trinajstić information content (AvgIpc) is 2.92. The van der Waals surface area contributed by atoms with E-state index in [1.54, 1.807) is 6.92 Å². The highest BCUT2D eigenvalue weighted by atomic mass is 32.2. The second kappa shape index (κ2) is 7.17. The van der Waals surface area contributed by atoms with Crippen LogP contribution >= 0.6 is 0 Å². The summed E-state index contributed by atoms with van der Waals surface area (Å²) >= 11 is 0. The first-order valence-corrected chi connectivity index (χ1v) is 10.1. The zero-order valence-electron chi connectivity index (χ0n) is 14.2. The Bertz CT molecular complexity index is 878. The third-order valence-electron chi connectivity index (χ3n) is 4.98. The number of benzene rings is 1. The lowest BCUT2D eigenvalue weighted by Crippen LogP contribution is -2.26. The van der Waals surface area contributed by atoms with Crippen molar-refractivity contribution in [2.45, 2.75) is 50.3 Å². The smallest absolute Gasteiger partial charge is 0.372 e. The Labute approximate surface area is 147 Å². The number of nitrogens with one attached hydrogen (secondary N) is 1. The molecule has 0 unspecified atom stereocenters. The van der Waals surface area contributed by atoms with Crippen LogP contribution in [0.4, 0.5) is 0 Å². The molecule has 1 aromatic heterocycles. The first-order chi connectivity index (χ1) is 11.9. The maximum Gasteiger partial charge on any atom is 0.372 e. The SMILES string of the molecule is Cc1c(C(=O)O)oc2ccc(S(=O)(=O)NCCC3CCCCC3)cc12. The molecule has 1 aliphatic carbocycles. The van der Waals surface area contributed by atoms with Crippen LogP contribution in [0.15, 0.2) is 27.5 Å². The number of furan rings is 1. The fraction of sp³-hybridized carbons (Fsp3) is 0.500. The van der Waals surface area contributed by atoms with Gasteiger partial charge in [-0.1, -0.05) is 32.1 Å². The Morgan fingerprint density at radius 3 is 2.68 bits per heavy atom. The molecule has 1 aromatic carbocycles. The molecule has 1 aliphatic rings. The van der Waals surface area contributed by atoms with Gasteiger partial charge in [0, 0.05) is 17.5 Å². The van der Waals surface area contributed by atoms with E-state index in [1.807, 2.05) is 0 Å². The predicted octanol–water partition coefficient (Wildman–Crippen LogP) is 3.69. The van der Waals surface area contributed by atoms with E-state index in [-0.39, 0.29) is 10.7 Å². The molecule has 1 heterocycles. The van der Waals surface area contributed by atoms with Crippen LogP contribution in [-0.4, -0.2) is 26.0 Å². The zero-order valence-corrected chi connectivity index (χ0v) is 15.1. The Kier molecular flexibility index (Phi) is 5.15. The second-order valence-electron chi connectivity index (χ2n) is 6.71. The van der Waals surface area contributed by atoms with Crippen LogP contribution < -0.4 is 4.72 Å². The van der Waals surface area contributed by atoms with Crippen molar-refractivity contribution in [1.82, 2.24) is 4.72 Å². The van der Waals surface area contributed by atoms with Gasteiger partial charge in [0.1, 0.15) is 5.58 Å². The van der Waals surface area contributed by atoms with Crippen molar-refractivity contribution in [3.8, 4) is 0 Å². The van der Waals surface area contributed by atoms with Crippen LogP contribution in [-0.2, 0) is 10.0 Å². The van der Waals surface area contributed by atoms with E-state index in [2.05, 4.69) is 4.72 Å². The Hall–Kier alpha value is -1.86. The van der Waals surface area contributed by atoms with Gasteiger partial charge in [0.25, 0.3) is 0 Å². The molecule has 2 N–H and O–H groups in total. The number of carboxylic acid groups (broad SMARTS) is 1. The van der Waals surface area contributed by atoms with E-state index in [1.165, 1.54) is 50.3 Å². The predicted molar refractivity (Wildman–Crippen MR) is 94.3 cm³/mol. The monoisotopic (exact) mass is 365 g/mol. The van der Waals surface area contributed by atoms with E-state index in [9.17, 15) is 13.2 Å². The van der Waals surface area contributed by atoms with Gasteiger partial charge in [-0.3, -0.25) is 0 Å². The zero-order chi connectivity index (χ0) is 18.0. The summed E-state index contributed by atoms with van der Waals surface area (Å²) in [4.78, 5) is 11.3. The average molecular weight is 365 g/mol. The minimum absolute atomic E-state index is 0.129. The van der Waals surface area contributed by atoms with Gasteiger partial charge in [-0.05, 0) is 37.5 Å². The van der Waals surface area contributed by atoms with Gasteiger partial charge >= 0.3 is 5.97 Å². The molecule has 0 atom stereocenters. The van der Waals surface area contributed by atoms with Gasteiger partial charge in [0.15, 0.2) is 0 Å². The normalized spacial score (nSPS) is 16.4. The third-order valence-corrected chi connectivity index (χ3v) is 6.44. The molecule has 6 nitrogen and oxygen atoms in total. The molecule has 2 aromatic rings. The summed E-state index contributed by atoms with van der Waals surface area (Å²) in [5.74, 6) is -0.716. The number of aromatic carboxylic acids is 1. The third kappa shape index (κ3) is 3.88. The van der Waals surface area contributed by atoms with Crippen molar-refractivity contribution in [3.05, 3.63) is 29.5 Å². The van der Waals surface area contributed by atoms with E-state index in [0.717, 1.165) is 6.42 Å². The molecule has 1 fully saturated rings. The van der Waals surface area contributed by atoms with Crippen molar-refractivity contribution in [2.75, 3.05) is 6.54 Å². The number of carbonyl (C=O) groups is 1. The van der Waals surface area contributed by atoms with Gasteiger partial charge in [-0.25, -0.2) is 17.9 Å². The van der Waals surface area contributed by atoms with Crippen molar-refractivity contribution < 1.29 is 22.7 Å². The minimum atomic E-state index is -3.62. The van der Waals surface area contributed by atoms with Gasteiger partial charge in [-0.2, -0.15) is 0 Å². The number of hydrogen-bond donors (Lipinski definition) is 2. The Morgan fingerprint density at radius 1 is 1.28 bits per heavy atom. The molecule has 0 bridgehead atoms. The molecule has 0 aliphatic heterocycles.